The van der Waals surface area contributed by atoms with Gasteiger partial charge in [-0.05, 0) is 66.2 Å². The van der Waals surface area contributed by atoms with Crippen LogP contribution in [0.15, 0.2) is 36.7 Å². The van der Waals surface area contributed by atoms with E-state index in [-0.39, 0.29) is 0 Å². The average Bonchev–Trinajstić information content (AvgIpc) is 3.43. The first kappa shape index (κ1) is 20.2. The number of aromatic nitrogens is 2. The molecule has 0 radical (unpaired) electrons. The number of benzene rings is 1. The molecule has 1 saturated carbocycles. The van der Waals surface area contributed by atoms with Crippen molar-refractivity contribution in [3.8, 4) is 0 Å². The minimum atomic E-state index is -4.21. The first-order valence-corrected chi connectivity index (χ1v) is 12.0. The number of hydrogen-bond acceptors (Lipinski definition) is 4. The van der Waals surface area contributed by atoms with Crippen LogP contribution in [0.25, 0.3) is 16.3 Å². The Bertz CT molecular complexity index is 1210. The van der Waals surface area contributed by atoms with E-state index >= 15 is 0 Å². The molecule has 2 aromatic heterocycles. The van der Waals surface area contributed by atoms with Gasteiger partial charge in [-0.1, -0.05) is 30.4 Å². The maximum Gasteiger partial charge on any atom is 0.393 e. The van der Waals surface area contributed by atoms with Gasteiger partial charge in [0.25, 0.3) is 0 Å². The lowest BCUT2D eigenvalue weighted by Crippen LogP contribution is -2.40. The van der Waals surface area contributed by atoms with Crippen molar-refractivity contribution in [2.45, 2.75) is 44.7 Å². The second kappa shape index (κ2) is 7.30. The van der Waals surface area contributed by atoms with Crippen LogP contribution in [0.2, 0.25) is 0 Å². The highest BCUT2D eigenvalue weighted by Crippen LogP contribution is 2.53. The molecule has 3 heterocycles. The number of alkyl halides is 3. The van der Waals surface area contributed by atoms with Crippen molar-refractivity contribution < 1.29 is 13.2 Å². The predicted octanol–water partition coefficient (Wildman–Crippen LogP) is 6.21. The molecule has 3 nitrogen and oxygen atoms in total. The van der Waals surface area contributed by atoms with Crippen molar-refractivity contribution in [3.05, 3.63) is 58.2 Å². The highest BCUT2D eigenvalue weighted by molar-refractivity contribution is 7.18. The van der Waals surface area contributed by atoms with E-state index in [9.17, 15) is 13.2 Å². The number of allylic oxidation sites excluding steroid dienone is 1. The number of hydrogen-bond donors (Lipinski definition) is 0. The van der Waals surface area contributed by atoms with Crippen LogP contribution in [0.4, 0.5) is 19.0 Å². The third-order valence-corrected chi connectivity index (χ3v) is 8.33. The fourth-order valence-corrected chi connectivity index (χ4v) is 6.98. The second-order valence-electron chi connectivity index (χ2n) is 9.71. The molecule has 0 bridgehead atoms. The smallest absolute Gasteiger partial charge is 0.355 e. The lowest BCUT2D eigenvalue weighted by Gasteiger charge is -2.45. The Hall–Kier alpha value is -2.41. The Morgan fingerprint density at radius 1 is 1.16 bits per heavy atom. The van der Waals surface area contributed by atoms with Crippen LogP contribution >= 0.6 is 11.3 Å². The topological polar surface area (TPSA) is 29.0 Å². The Balaban J connectivity index is 1.13. The van der Waals surface area contributed by atoms with Gasteiger partial charge in [0.2, 0.25) is 0 Å². The average molecular weight is 456 g/mol. The van der Waals surface area contributed by atoms with E-state index in [1.807, 2.05) is 0 Å². The summed E-state index contributed by atoms with van der Waals surface area (Å²) < 4.78 is 38.5. The van der Waals surface area contributed by atoms with E-state index in [4.69, 9.17) is 0 Å². The van der Waals surface area contributed by atoms with Crippen LogP contribution in [0.5, 0.6) is 0 Å². The molecule has 32 heavy (non-hydrogen) atoms. The second-order valence-corrected chi connectivity index (χ2v) is 10.8. The largest absolute Gasteiger partial charge is 0.393 e. The molecule has 6 rings (SSSR count). The number of nitrogens with zero attached hydrogens (tertiary/aromatic N) is 3. The summed E-state index contributed by atoms with van der Waals surface area (Å²) in [5, 5.41) is 0.761. The van der Waals surface area contributed by atoms with E-state index < -0.39 is 12.6 Å². The third-order valence-electron chi connectivity index (χ3n) is 7.28. The zero-order valence-corrected chi connectivity index (χ0v) is 18.5. The monoisotopic (exact) mass is 455 g/mol. The molecule has 166 valence electrons. The summed E-state index contributed by atoms with van der Waals surface area (Å²) in [6, 6.07) is 8.52. The van der Waals surface area contributed by atoms with Crippen molar-refractivity contribution in [2.24, 2.45) is 11.3 Å². The van der Waals surface area contributed by atoms with E-state index in [0.29, 0.717) is 21.0 Å². The molecule has 7 heteroatoms. The maximum absolute atomic E-state index is 12.8. The summed E-state index contributed by atoms with van der Waals surface area (Å²) in [5.41, 5.74) is 4.56. The zero-order valence-electron chi connectivity index (χ0n) is 17.7. The van der Waals surface area contributed by atoms with Crippen molar-refractivity contribution in [2.75, 3.05) is 18.0 Å². The fourth-order valence-electron chi connectivity index (χ4n) is 5.96. The molecule has 2 fully saturated rings. The molecule has 0 unspecified atom stereocenters. The zero-order chi connectivity index (χ0) is 21.9. The van der Waals surface area contributed by atoms with Crippen LogP contribution in [0.3, 0.4) is 0 Å². The Kier molecular flexibility index (Phi) is 4.61. The van der Waals surface area contributed by atoms with Gasteiger partial charge in [-0.3, -0.25) is 0 Å². The van der Waals surface area contributed by atoms with Crippen LogP contribution < -0.4 is 4.90 Å². The minimum Gasteiger partial charge on any atom is -0.355 e. The highest BCUT2D eigenvalue weighted by Gasteiger charge is 2.48. The number of rotatable bonds is 4. The Morgan fingerprint density at radius 2 is 2.03 bits per heavy atom. The van der Waals surface area contributed by atoms with Crippen LogP contribution in [0, 0.1) is 11.3 Å². The van der Waals surface area contributed by atoms with Gasteiger partial charge in [-0.2, -0.15) is 13.2 Å². The molecule has 0 atom stereocenters. The summed E-state index contributed by atoms with van der Waals surface area (Å²) in [5.74, 6) is 1.51. The molecule has 2 aliphatic carbocycles. The molecule has 1 saturated heterocycles. The number of fused-ring (bicyclic) bond motifs is 2. The van der Waals surface area contributed by atoms with Crippen molar-refractivity contribution in [1.29, 1.82) is 0 Å². The molecule has 1 aliphatic heterocycles. The number of halogens is 3. The van der Waals surface area contributed by atoms with Crippen molar-refractivity contribution >= 4 is 33.4 Å². The Labute approximate surface area is 189 Å². The van der Waals surface area contributed by atoms with Gasteiger partial charge < -0.3 is 4.90 Å². The van der Waals surface area contributed by atoms with Crippen LogP contribution in [0.1, 0.15) is 40.8 Å². The fraction of sp³-hybridized carbons (Fsp3) is 0.440. The van der Waals surface area contributed by atoms with Crippen molar-refractivity contribution in [1.82, 2.24) is 9.97 Å². The molecule has 0 N–H and O–H groups in total. The molecule has 3 aliphatic rings. The van der Waals surface area contributed by atoms with Crippen LogP contribution in [-0.2, 0) is 19.3 Å². The first-order valence-electron chi connectivity index (χ1n) is 11.2. The first-order chi connectivity index (χ1) is 15.4. The molecule has 3 aromatic rings. The normalized spacial score (nSPS) is 24.5. The lowest BCUT2D eigenvalue weighted by atomic mass is 9.60. The van der Waals surface area contributed by atoms with E-state index in [1.165, 1.54) is 35.9 Å². The molecular formula is C25H24F3N3S. The summed E-state index contributed by atoms with van der Waals surface area (Å²) >= 11 is 1.12. The maximum atomic E-state index is 12.8. The van der Waals surface area contributed by atoms with E-state index in [1.54, 1.807) is 6.07 Å². The minimum absolute atomic E-state index is 0.302. The van der Waals surface area contributed by atoms with Gasteiger partial charge in [0.05, 0.1) is 11.8 Å². The molecule has 1 aromatic carbocycles. The Morgan fingerprint density at radius 3 is 2.88 bits per heavy atom. The number of thiophene rings is 1. The van der Waals surface area contributed by atoms with E-state index in [2.05, 4.69) is 45.2 Å². The lowest BCUT2D eigenvalue weighted by molar-refractivity contribution is -0.126. The summed E-state index contributed by atoms with van der Waals surface area (Å²) in [6.07, 6.45) is 6.56. The van der Waals surface area contributed by atoms with E-state index in [0.717, 1.165) is 54.9 Å². The van der Waals surface area contributed by atoms with Gasteiger partial charge in [-0.25, -0.2) is 9.97 Å². The third kappa shape index (κ3) is 3.70. The molecule has 1 spiro atoms. The predicted molar refractivity (Wildman–Crippen MR) is 122 cm³/mol. The summed E-state index contributed by atoms with van der Waals surface area (Å²) in [6.45, 7) is 1.85. The summed E-state index contributed by atoms with van der Waals surface area (Å²) in [4.78, 5) is 11.9. The van der Waals surface area contributed by atoms with Gasteiger partial charge in [-0.15, -0.1) is 11.3 Å². The quantitative estimate of drug-likeness (QED) is 0.468. The van der Waals surface area contributed by atoms with Gasteiger partial charge >= 0.3 is 6.18 Å². The van der Waals surface area contributed by atoms with Crippen LogP contribution in [-0.4, -0.2) is 29.2 Å². The molecule has 0 amide bonds. The SMILES string of the molecule is FC(F)(F)Cc1cc2c(N3CCC4(CC(Cc5ccc6c(c5)CC=C6)C4)C3)ncnc2s1. The van der Waals surface area contributed by atoms with Gasteiger partial charge in [0.15, 0.2) is 0 Å². The van der Waals surface area contributed by atoms with Crippen molar-refractivity contribution in [3.63, 3.8) is 0 Å². The standard InChI is InChI=1S/C25H24F3N3S/c26-25(27,28)13-20-10-21-22(29-15-30-23(21)32-20)31-7-6-24(14-31)11-17(12-24)8-16-4-5-18-2-1-3-19(18)9-16/h1-2,4-5,9-10,15,17H,3,6-8,11-14H2. The summed E-state index contributed by atoms with van der Waals surface area (Å²) in [7, 11) is 0. The van der Waals surface area contributed by atoms with Gasteiger partial charge in [0, 0.05) is 18.0 Å². The van der Waals surface area contributed by atoms with Gasteiger partial charge in [0.1, 0.15) is 17.0 Å². The molecular weight excluding hydrogens is 431 g/mol. The highest BCUT2D eigenvalue weighted by atomic mass is 32.1. The number of anilines is 1.